The second-order valence-corrected chi connectivity index (χ2v) is 10.3. The van der Waals surface area contributed by atoms with E-state index in [0.717, 1.165) is 4.90 Å². The third-order valence-electron chi connectivity index (χ3n) is 8.01. The van der Waals surface area contributed by atoms with Crippen molar-refractivity contribution in [2.75, 3.05) is 4.90 Å². The van der Waals surface area contributed by atoms with Crippen molar-refractivity contribution in [3.63, 3.8) is 0 Å². The molecule has 4 heterocycles. The first kappa shape index (κ1) is 16.4. The maximum Gasteiger partial charge on any atom is 0.188 e. The van der Waals surface area contributed by atoms with E-state index in [1.54, 1.807) is 0 Å². The first-order chi connectivity index (χ1) is 12.1. The summed E-state index contributed by atoms with van der Waals surface area (Å²) >= 11 is 1.84. The van der Waals surface area contributed by atoms with E-state index in [1.807, 2.05) is 17.6 Å². The Morgan fingerprint density at radius 3 is 2.54 bits per heavy atom. The highest BCUT2D eigenvalue weighted by molar-refractivity contribution is 7.18. The highest BCUT2D eigenvalue weighted by Gasteiger charge is 2.64. The zero-order valence-electron chi connectivity index (χ0n) is 16.7. The average molecular weight is 366 g/mol. The molecule has 0 fully saturated rings. The molecule has 136 valence electrons. The lowest BCUT2D eigenvalue weighted by Gasteiger charge is -2.62. The maximum absolute atomic E-state index is 5.80. The molecule has 2 nitrogen and oxygen atoms in total. The van der Waals surface area contributed by atoms with Crippen LogP contribution in [0.25, 0.3) is 10.3 Å². The largest absolute Gasteiger partial charge is 0.454 e. The molecule has 2 aromatic heterocycles. The summed E-state index contributed by atoms with van der Waals surface area (Å²) in [6.45, 7) is 16.9. The van der Waals surface area contributed by atoms with Crippen LogP contribution in [0, 0.1) is 12.3 Å². The number of aryl methyl sites for hydroxylation is 1. The van der Waals surface area contributed by atoms with Gasteiger partial charge in [-0.2, -0.15) is 0 Å². The summed E-state index contributed by atoms with van der Waals surface area (Å²) in [5.74, 6) is 0. The number of anilines is 1. The maximum atomic E-state index is 5.80. The molecular formula is C23H27NOS. The van der Waals surface area contributed by atoms with Crippen molar-refractivity contribution in [1.29, 1.82) is 0 Å². The fraction of sp³-hybridized carbons (Fsp3) is 0.478. The summed E-state index contributed by atoms with van der Waals surface area (Å²) < 4.78 is 5.80. The van der Waals surface area contributed by atoms with Gasteiger partial charge in [0.05, 0.1) is 17.8 Å². The van der Waals surface area contributed by atoms with Gasteiger partial charge in [0, 0.05) is 26.9 Å². The number of para-hydroxylation sites is 1. The fourth-order valence-corrected chi connectivity index (χ4v) is 6.99. The zero-order chi connectivity index (χ0) is 18.6. The molecule has 0 saturated carbocycles. The molecule has 26 heavy (non-hydrogen) atoms. The van der Waals surface area contributed by atoms with E-state index in [4.69, 9.17) is 4.42 Å². The van der Waals surface area contributed by atoms with Crippen LogP contribution in [0.5, 0.6) is 0 Å². The average Bonchev–Trinajstić information content (AvgIpc) is 3.19. The Morgan fingerprint density at radius 1 is 1.08 bits per heavy atom. The summed E-state index contributed by atoms with van der Waals surface area (Å²) in [5.41, 5.74) is 5.81. The van der Waals surface area contributed by atoms with Crippen molar-refractivity contribution in [2.24, 2.45) is 5.41 Å². The molecule has 2 aliphatic heterocycles. The number of hydrogen-bond acceptors (Lipinski definition) is 3. The van der Waals surface area contributed by atoms with Gasteiger partial charge >= 0.3 is 0 Å². The third kappa shape index (κ3) is 1.49. The second-order valence-electron chi connectivity index (χ2n) is 9.30. The first-order valence-corrected chi connectivity index (χ1v) is 10.4. The minimum atomic E-state index is -0.0769. The normalized spacial score (nSPS) is 28.1. The predicted molar refractivity (Wildman–Crippen MR) is 110 cm³/mol. The summed E-state index contributed by atoms with van der Waals surface area (Å²) in [6.07, 6.45) is 1.85. The van der Waals surface area contributed by atoms with Gasteiger partial charge in [-0.05, 0) is 43.4 Å². The number of hydrogen-bond donors (Lipinski definition) is 0. The lowest BCUT2D eigenvalue weighted by Crippen LogP contribution is -2.62. The van der Waals surface area contributed by atoms with Crippen molar-refractivity contribution in [2.45, 2.75) is 65.5 Å². The highest BCUT2D eigenvalue weighted by atomic mass is 32.1. The lowest BCUT2D eigenvalue weighted by atomic mass is 9.51. The van der Waals surface area contributed by atoms with Crippen molar-refractivity contribution in [3.8, 4) is 0 Å². The Bertz CT molecular complexity index is 1050. The van der Waals surface area contributed by atoms with Crippen LogP contribution in [0.15, 0.2) is 34.9 Å². The number of benzene rings is 1. The molecule has 2 atom stereocenters. The van der Waals surface area contributed by atoms with Gasteiger partial charge in [0.1, 0.15) is 0 Å². The van der Waals surface area contributed by atoms with Crippen LogP contribution in [0.3, 0.4) is 0 Å². The molecule has 0 amide bonds. The first-order valence-electron chi connectivity index (χ1n) is 9.54. The molecule has 3 heteroatoms. The Hall–Kier alpha value is -1.74. The number of fused-ring (bicyclic) bond motifs is 7. The minimum absolute atomic E-state index is 0.0472. The third-order valence-corrected chi connectivity index (χ3v) is 9.28. The molecule has 2 aliphatic rings. The molecule has 3 aromatic rings. The molecule has 0 spiro atoms. The van der Waals surface area contributed by atoms with Crippen LogP contribution >= 0.6 is 11.3 Å². The fourth-order valence-electron chi connectivity index (χ4n) is 5.72. The van der Waals surface area contributed by atoms with Gasteiger partial charge in [-0.25, -0.2) is 0 Å². The van der Waals surface area contributed by atoms with E-state index in [0.29, 0.717) is 6.04 Å². The lowest BCUT2D eigenvalue weighted by molar-refractivity contribution is 0.0660. The van der Waals surface area contributed by atoms with Crippen molar-refractivity contribution in [3.05, 3.63) is 52.1 Å². The quantitative estimate of drug-likeness (QED) is 0.430. The monoisotopic (exact) mass is 365 g/mol. The molecule has 0 radical (unpaired) electrons. The molecule has 0 N–H and O–H groups in total. The van der Waals surface area contributed by atoms with Crippen LogP contribution < -0.4 is 4.90 Å². The number of nitrogens with zero attached hydrogens (tertiary/aromatic N) is 1. The Kier molecular flexibility index (Phi) is 2.88. The molecular weight excluding hydrogens is 338 g/mol. The molecule has 0 aliphatic carbocycles. The zero-order valence-corrected chi connectivity index (χ0v) is 17.5. The summed E-state index contributed by atoms with van der Waals surface area (Å²) in [6, 6.07) is 9.36. The van der Waals surface area contributed by atoms with Crippen LogP contribution in [-0.2, 0) is 11.0 Å². The molecule has 1 unspecified atom stereocenters. The van der Waals surface area contributed by atoms with E-state index in [2.05, 4.69) is 77.6 Å². The van der Waals surface area contributed by atoms with Gasteiger partial charge in [-0.3, -0.25) is 0 Å². The van der Waals surface area contributed by atoms with Crippen molar-refractivity contribution >= 4 is 27.3 Å². The van der Waals surface area contributed by atoms with Crippen LogP contribution in [0.4, 0.5) is 5.69 Å². The number of rotatable bonds is 0. The molecule has 0 bridgehead atoms. The van der Waals surface area contributed by atoms with Crippen LogP contribution in [-0.4, -0.2) is 0 Å². The molecule has 5 rings (SSSR count). The second kappa shape index (κ2) is 4.56. The van der Waals surface area contributed by atoms with E-state index >= 15 is 0 Å². The summed E-state index contributed by atoms with van der Waals surface area (Å²) in [5, 5.41) is 1.31. The Labute approximate surface area is 159 Å². The topological polar surface area (TPSA) is 16.4 Å². The minimum Gasteiger partial charge on any atom is -0.454 e. The van der Waals surface area contributed by atoms with E-state index in [-0.39, 0.29) is 16.4 Å². The number of furan rings is 1. The van der Waals surface area contributed by atoms with E-state index in [9.17, 15) is 0 Å². The van der Waals surface area contributed by atoms with E-state index in [1.165, 1.54) is 32.6 Å². The van der Waals surface area contributed by atoms with Crippen molar-refractivity contribution < 1.29 is 4.42 Å². The van der Waals surface area contributed by atoms with Gasteiger partial charge < -0.3 is 9.32 Å². The van der Waals surface area contributed by atoms with Crippen LogP contribution in [0.2, 0.25) is 0 Å². The van der Waals surface area contributed by atoms with E-state index < -0.39 is 0 Å². The van der Waals surface area contributed by atoms with Crippen molar-refractivity contribution in [1.82, 2.24) is 0 Å². The van der Waals surface area contributed by atoms with Gasteiger partial charge in [-0.15, -0.1) is 11.3 Å². The number of thiophene rings is 1. The molecule has 1 aromatic carbocycles. The Morgan fingerprint density at radius 2 is 1.81 bits per heavy atom. The van der Waals surface area contributed by atoms with Gasteiger partial charge in [0.2, 0.25) is 0 Å². The SMILES string of the molecule is Cc1cccc2c1N1[C@@H](C)c3sc4occc4c3C1(C)C(C)(C)C2(C)C. The van der Waals surface area contributed by atoms with Crippen LogP contribution in [0.1, 0.15) is 69.2 Å². The summed E-state index contributed by atoms with van der Waals surface area (Å²) in [7, 11) is 0. The Balaban J connectivity index is 1.95. The van der Waals surface area contributed by atoms with Gasteiger partial charge in [0.15, 0.2) is 4.90 Å². The van der Waals surface area contributed by atoms with Gasteiger partial charge in [0.25, 0.3) is 0 Å². The van der Waals surface area contributed by atoms with Gasteiger partial charge in [-0.1, -0.05) is 45.9 Å². The smallest absolute Gasteiger partial charge is 0.188 e. The standard InChI is InChI=1S/C23H27NOS/c1-13-9-8-10-16-18(13)24-14(2)19-17(15-11-12-25-20(15)26-19)23(24,7)22(5,6)21(16,3)4/h8-12,14H,1-7H3/t14-,23?/m0/s1. The highest BCUT2D eigenvalue weighted by Crippen LogP contribution is 2.69. The molecule has 0 saturated heterocycles. The predicted octanol–water partition coefficient (Wildman–Crippen LogP) is 6.92. The summed E-state index contributed by atoms with van der Waals surface area (Å²) in [4.78, 5) is 5.27.